The van der Waals surface area contributed by atoms with E-state index in [2.05, 4.69) is 97.1 Å². The molecule has 2 aromatic heterocycles. The lowest BCUT2D eigenvalue weighted by atomic mass is 9.59. The number of hydrogen-bond donors (Lipinski definition) is 0. The highest BCUT2D eigenvalue weighted by atomic mass is 16.3. The van der Waals surface area contributed by atoms with E-state index in [-0.39, 0.29) is 27.3 Å². The molecule has 0 bridgehead atoms. The molecule has 0 aliphatic carbocycles. The predicted octanol–water partition coefficient (Wildman–Crippen LogP) is 7.41. The van der Waals surface area contributed by atoms with E-state index >= 15 is 0 Å². The number of nitrogens with zero attached hydrogens (tertiary/aromatic N) is 3. The van der Waals surface area contributed by atoms with Gasteiger partial charge >= 0.3 is 0 Å². The lowest BCUT2D eigenvalue weighted by Gasteiger charge is -2.21. The van der Waals surface area contributed by atoms with Crippen LogP contribution in [0.15, 0.2) is 174 Å². The second kappa shape index (κ2) is 15.2. The summed E-state index contributed by atoms with van der Waals surface area (Å²) >= 11 is 0. The van der Waals surface area contributed by atoms with Crippen molar-refractivity contribution < 1.29 is 4.42 Å². The standard InChI is InChI=1S/C51H28B5N3O/c52-43-42(44(53)46(55)47(56)45(43)54)34-22-24-36(25-23-34)50-57-49(35-10-5-2-6-11-35)58-51(59-50)37-26-27-41-40(28-37)39-13-7-12-38(48(39)60-41)33-20-18-32(19-21-33)31-16-14-30(15-17-31)29-8-3-1-4-9-29/h1-28H. The van der Waals surface area contributed by atoms with Crippen LogP contribution in [0.5, 0.6) is 0 Å². The van der Waals surface area contributed by atoms with E-state index in [1.807, 2.05) is 72.8 Å². The Labute approximate surface area is 354 Å². The van der Waals surface area contributed by atoms with E-state index in [0.29, 0.717) is 23.0 Å². The molecule has 0 unspecified atom stereocenters. The summed E-state index contributed by atoms with van der Waals surface area (Å²) in [6.45, 7) is 0. The lowest BCUT2D eigenvalue weighted by molar-refractivity contribution is 0.670. The van der Waals surface area contributed by atoms with Gasteiger partial charge in [-0.3, -0.25) is 0 Å². The molecule has 0 saturated carbocycles. The first-order valence-corrected chi connectivity index (χ1v) is 19.5. The Morgan fingerprint density at radius 2 is 0.733 bits per heavy atom. The summed E-state index contributed by atoms with van der Waals surface area (Å²) in [6, 6.07) is 57.5. The van der Waals surface area contributed by atoms with Crippen LogP contribution in [-0.4, -0.2) is 54.2 Å². The molecule has 268 valence electrons. The van der Waals surface area contributed by atoms with E-state index in [0.717, 1.165) is 66.4 Å². The third kappa shape index (κ3) is 6.66. The Morgan fingerprint density at radius 3 is 1.30 bits per heavy atom. The van der Waals surface area contributed by atoms with Crippen molar-refractivity contribution in [1.29, 1.82) is 0 Å². The van der Waals surface area contributed by atoms with Gasteiger partial charge in [0.05, 0.1) is 0 Å². The van der Waals surface area contributed by atoms with Crippen LogP contribution < -0.4 is 27.3 Å². The maximum absolute atomic E-state index is 6.58. The van der Waals surface area contributed by atoms with E-state index < -0.39 is 0 Å². The summed E-state index contributed by atoms with van der Waals surface area (Å²) in [4.78, 5) is 14.9. The summed E-state index contributed by atoms with van der Waals surface area (Å²) in [7, 11) is 31.1. The van der Waals surface area contributed by atoms with Crippen LogP contribution in [0.4, 0.5) is 0 Å². The first kappa shape index (κ1) is 37.2. The molecule has 10 aromatic rings. The largest absolute Gasteiger partial charge is 0.455 e. The maximum atomic E-state index is 6.58. The molecule has 10 radical (unpaired) electrons. The van der Waals surface area contributed by atoms with Crippen molar-refractivity contribution >= 4 is 88.5 Å². The molecule has 0 aliphatic rings. The minimum absolute atomic E-state index is 0.172. The molecular formula is C51H28B5N3O. The number of fused-ring (bicyclic) bond motifs is 3. The lowest BCUT2D eigenvalue weighted by Crippen LogP contribution is -2.55. The number of aromatic nitrogens is 3. The third-order valence-corrected chi connectivity index (χ3v) is 11.1. The number of para-hydroxylation sites is 1. The zero-order chi connectivity index (χ0) is 40.9. The molecule has 2 heterocycles. The maximum Gasteiger partial charge on any atom is 0.164 e. The Balaban J connectivity index is 1.00. The van der Waals surface area contributed by atoms with E-state index in [4.69, 9.17) is 58.6 Å². The molecule has 0 fully saturated rings. The van der Waals surface area contributed by atoms with Crippen LogP contribution in [-0.2, 0) is 0 Å². The molecule has 9 heteroatoms. The molecule has 10 rings (SSSR count). The Hall–Kier alpha value is -7.11. The van der Waals surface area contributed by atoms with Gasteiger partial charge in [-0.1, -0.05) is 163 Å². The molecular weight excluding hydrogens is 725 g/mol. The molecule has 0 amide bonds. The molecule has 0 N–H and O–H groups in total. The van der Waals surface area contributed by atoms with Crippen molar-refractivity contribution in [2.45, 2.75) is 0 Å². The third-order valence-electron chi connectivity index (χ3n) is 11.1. The van der Waals surface area contributed by atoms with Crippen molar-refractivity contribution in [1.82, 2.24) is 15.0 Å². The molecule has 0 atom stereocenters. The normalized spacial score (nSPS) is 11.3. The fraction of sp³-hybridized carbons (Fsp3) is 0. The molecule has 8 aromatic carbocycles. The van der Waals surface area contributed by atoms with Crippen LogP contribution in [0, 0.1) is 0 Å². The molecule has 0 spiro atoms. The van der Waals surface area contributed by atoms with Crippen molar-refractivity contribution in [2.75, 3.05) is 0 Å². The van der Waals surface area contributed by atoms with Gasteiger partial charge in [0.2, 0.25) is 0 Å². The topological polar surface area (TPSA) is 51.8 Å². The van der Waals surface area contributed by atoms with E-state index in [1.165, 1.54) is 11.1 Å². The summed E-state index contributed by atoms with van der Waals surface area (Å²) in [5.41, 5.74) is 13.2. The highest BCUT2D eigenvalue weighted by molar-refractivity contribution is 6.68. The van der Waals surface area contributed by atoms with E-state index in [9.17, 15) is 0 Å². The van der Waals surface area contributed by atoms with Gasteiger partial charge in [0.15, 0.2) is 17.5 Å². The number of furan rings is 1. The van der Waals surface area contributed by atoms with E-state index in [1.54, 1.807) is 0 Å². The van der Waals surface area contributed by atoms with Crippen molar-refractivity contribution in [3.63, 3.8) is 0 Å². The second-order valence-electron chi connectivity index (χ2n) is 14.7. The minimum Gasteiger partial charge on any atom is -0.455 e. The first-order chi connectivity index (χ1) is 29.3. The van der Waals surface area contributed by atoms with Gasteiger partial charge < -0.3 is 4.42 Å². The molecule has 60 heavy (non-hydrogen) atoms. The summed E-state index contributed by atoms with van der Waals surface area (Å²) in [6.07, 6.45) is 0. The summed E-state index contributed by atoms with van der Waals surface area (Å²) < 4.78 is 6.58. The van der Waals surface area contributed by atoms with Gasteiger partial charge in [0.1, 0.15) is 50.4 Å². The van der Waals surface area contributed by atoms with Gasteiger partial charge in [0, 0.05) is 33.0 Å². The fourth-order valence-corrected chi connectivity index (χ4v) is 7.79. The van der Waals surface area contributed by atoms with Gasteiger partial charge in [-0.2, -0.15) is 0 Å². The SMILES string of the molecule is [B]c1c([B])c([B])c(-c2ccc(-c3nc(-c4ccccc4)nc(-c4ccc5oc6c(-c7ccc(-c8ccc(-c9ccccc9)cc8)cc7)cccc6c5c4)n3)cc2)c([B])c1[B]. The second-order valence-corrected chi connectivity index (χ2v) is 14.7. The summed E-state index contributed by atoms with van der Waals surface area (Å²) in [5.74, 6) is 1.57. The Kier molecular flexibility index (Phi) is 9.45. The number of benzene rings is 8. The van der Waals surface area contributed by atoms with Crippen LogP contribution in [0.2, 0.25) is 0 Å². The van der Waals surface area contributed by atoms with Gasteiger partial charge in [-0.15, -0.1) is 16.4 Å². The van der Waals surface area contributed by atoms with Crippen molar-refractivity contribution in [2.24, 2.45) is 0 Å². The van der Waals surface area contributed by atoms with Gasteiger partial charge in [-0.25, -0.2) is 15.0 Å². The zero-order valence-electron chi connectivity index (χ0n) is 32.3. The molecule has 0 saturated heterocycles. The number of rotatable bonds is 7. The van der Waals surface area contributed by atoms with Crippen LogP contribution in [0.1, 0.15) is 0 Å². The van der Waals surface area contributed by atoms with Crippen LogP contribution in [0.3, 0.4) is 0 Å². The predicted molar refractivity (Wildman–Crippen MR) is 252 cm³/mol. The van der Waals surface area contributed by atoms with Crippen LogP contribution in [0.25, 0.3) is 101 Å². The smallest absolute Gasteiger partial charge is 0.164 e. The Morgan fingerprint density at radius 1 is 0.317 bits per heavy atom. The van der Waals surface area contributed by atoms with Crippen molar-refractivity contribution in [3.8, 4) is 78.7 Å². The zero-order valence-corrected chi connectivity index (χ0v) is 32.3. The fourth-order valence-electron chi connectivity index (χ4n) is 7.79. The molecule has 4 nitrogen and oxygen atoms in total. The summed E-state index contributed by atoms with van der Waals surface area (Å²) in [5, 5.41) is 1.96. The van der Waals surface area contributed by atoms with Crippen molar-refractivity contribution in [3.05, 3.63) is 170 Å². The minimum atomic E-state index is 0.172. The first-order valence-electron chi connectivity index (χ1n) is 19.5. The highest BCUT2D eigenvalue weighted by Crippen LogP contribution is 2.38. The highest BCUT2D eigenvalue weighted by Gasteiger charge is 2.18. The Bertz CT molecular complexity index is 3200. The number of hydrogen-bond acceptors (Lipinski definition) is 4. The van der Waals surface area contributed by atoms with Gasteiger partial charge in [-0.05, 0) is 57.1 Å². The van der Waals surface area contributed by atoms with Crippen LogP contribution >= 0.6 is 0 Å². The monoisotopic (exact) mass is 753 g/mol. The average Bonchev–Trinajstić information content (AvgIpc) is 3.69. The average molecular weight is 753 g/mol. The van der Waals surface area contributed by atoms with Gasteiger partial charge in [0.25, 0.3) is 0 Å². The quantitative estimate of drug-likeness (QED) is 0.159. The molecule has 0 aliphatic heterocycles.